The number of aromatic nitrogens is 2. The molecule has 8 nitrogen and oxygen atoms in total. The minimum Gasteiger partial charge on any atom is -0.374 e. The molecule has 2 aromatic rings. The van der Waals surface area contributed by atoms with Gasteiger partial charge < -0.3 is 21.3 Å². The molecule has 132 valence electrons. The van der Waals surface area contributed by atoms with Gasteiger partial charge in [-0.25, -0.2) is 4.79 Å². The summed E-state index contributed by atoms with van der Waals surface area (Å²) in [6, 6.07) is 4.40. The summed E-state index contributed by atoms with van der Waals surface area (Å²) in [6.45, 7) is 1.72. The van der Waals surface area contributed by atoms with Gasteiger partial charge in [-0.05, 0) is 31.0 Å². The number of rotatable bonds is 4. The van der Waals surface area contributed by atoms with Gasteiger partial charge in [-0.3, -0.25) is 4.79 Å². The van der Waals surface area contributed by atoms with Crippen LogP contribution in [-0.4, -0.2) is 40.1 Å². The molecule has 0 atom stereocenters. The molecule has 25 heavy (non-hydrogen) atoms. The number of nitrogen functional groups attached to an aromatic ring is 1. The first-order valence-corrected chi connectivity index (χ1v) is 8.94. The second-order valence-corrected chi connectivity index (χ2v) is 7.04. The van der Waals surface area contributed by atoms with Crippen LogP contribution < -0.4 is 16.4 Å². The van der Waals surface area contributed by atoms with Gasteiger partial charge in [0.15, 0.2) is 0 Å². The largest absolute Gasteiger partial charge is 0.374 e. The fourth-order valence-corrected chi connectivity index (χ4v) is 3.23. The number of benzene rings is 1. The Morgan fingerprint density at radius 2 is 2.04 bits per heavy atom. The number of hydrogen-bond donors (Lipinski definition) is 3. The van der Waals surface area contributed by atoms with Gasteiger partial charge in [-0.1, -0.05) is 22.9 Å². The lowest BCUT2D eigenvalue weighted by Crippen LogP contribution is -2.29. The summed E-state index contributed by atoms with van der Waals surface area (Å²) in [5, 5.41) is 14.1. The lowest BCUT2D eigenvalue weighted by molar-refractivity contribution is 0.0793. The fourth-order valence-electron chi connectivity index (χ4n) is 2.52. The molecule has 1 aromatic heterocycles. The number of nitrogens with two attached hydrogens (primary N) is 1. The molecule has 3 amide bonds. The Balaban J connectivity index is 1.63. The molecule has 0 saturated carbocycles. The zero-order valence-electron chi connectivity index (χ0n) is 13.3. The highest BCUT2D eigenvalue weighted by atomic mass is 35.5. The van der Waals surface area contributed by atoms with Gasteiger partial charge in [0.2, 0.25) is 5.13 Å². The van der Waals surface area contributed by atoms with E-state index in [-0.39, 0.29) is 12.5 Å². The fraction of sp³-hybridized carbons (Fsp3) is 0.333. The molecular weight excluding hydrogens is 364 g/mol. The van der Waals surface area contributed by atoms with Gasteiger partial charge in [-0.15, -0.1) is 10.2 Å². The van der Waals surface area contributed by atoms with Crippen molar-refractivity contribution in [3.05, 3.63) is 33.8 Å². The summed E-state index contributed by atoms with van der Waals surface area (Å²) in [4.78, 5) is 26.3. The number of urea groups is 1. The molecule has 0 radical (unpaired) electrons. The second kappa shape index (κ2) is 7.66. The lowest BCUT2D eigenvalue weighted by Gasteiger charge is -2.16. The number of carbonyl (C=O) groups excluding carboxylic acids is 2. The smallest absolute Gasteiger partial charge is 0.319 e. The minimum absolute atomic E-state index is 0.0537. The van der Waals surface area contributed by atoms with Crippen molar-refractivity contribution in [3.8, 4) is 0 Å². The molecule has 0 bridgehead atoms. The highest BCUT2D eigenvalue weighted by Crippen LogP contribution is 2.24. The average Bonchev–Trinajstić information content (AvgIpc) is 3.26. The van der Waals surface area contributed by atoms with Gasteiger partial charge in [0.05, 0.1) is 17.3 Å². The van der Waals surface area contributed by atoms with Crippen LogP contribution in [0.15, 0.2) is 18.2 Å². The van der Waals surface area contributed by atoms with Gasteiger partial charge in [0, 0.05) is 18.7 Å². The van der Waals surface area contributed by atoms with E-state index in [0.717, 1.165) is 25.9 Å². The molecule has 1 aliphatic rings. The normalized spacial score (nSPS) is 13.7. The van der Waals surface area contributed by atoms with Gasteiger partial charge in [0.1, 0.15) is 5.01 Å². The van der Waals surface area contributed by atoms with Gasteiger partial charge in [-0.2, -0.15) is 0 Å². The van der Waals surface area contributed by atoms with Gasteiger partial charge >= 0.3 is 6.03 Å². The Hall–Kier alpha value is -2.39. The van der Waals surface area contributed by atoms with Crippen molar-refractivity contribution >= 4 is 45.7 Å². The Morgan fingerprint density at radius 1 is 1.28 bits per heavy atom. The van der Waals surface area contributed by atoms with E-state index >= 15 is 0 Å². The summed E-state index contributed by atoms with van der Waals surface area (Å²) >= 11 is 7.32. The SMILES string of the molecule is Nc1nnc(CNC(=O)Nc2cc(C(=O)N3CCCC3)ccc2Cl)s1. The summed E-state index contributed by atoms with van der Waals surface area (Å²) in [6.07, 6.45) is 2.03. The Kier molecular flexibility index (Phi) is 5.34. The molecule has 0 aliphatic carbocycles. The lowest BCUT2D eigenvalue weighted by atomic mass is 10.1. The summed E-state index contributed by atoms with van der Waals surface area (Å²) in [5.41, 5.74) is 6.36. The molecule has 3 rings (SSSR count). The number of carbonyl (C=O) groups is 2. The first-order chi connectivity index (χ1) is 12.0. The number of likely N-dealkylation sites (tertiary alicyclic amines) is 1. The quantitative estimate of drug-likeness (QED) is 0.753. The molecule has 4 N–H and O–H groups in total. The third-order valence-electron chi connectivity index (χ3n) is 3.74. The predicted octanol–water partition coefficient (Wildman–Crippen LogP) is 2.33. The summed E-state index contributed by atoms with van der Waals surface area (Å²) in [7, 11) is 0. The zero-order chi connectivity index (χ0) is 17.8. The first kappa shape index (κ1) is 17.4. The number of anilines is 2. The molecule has 10 heteroatoms. The Morgan fingerprint density at radius 3 is 2.72 bits per heavy atom. The van der Waals surface area contributed by atoms with E-state index in [2.05, 4.69) is 20.8 Å². The maximum absolute atomic E-state index is 12.4. The van der Waals surface area contributed by atoms with E-state index in [1.807, 2.05) is 0 Å². The molecule has 0 spiro atoms. The maximum atomic E-state index is 12.4. The topological polar surface area (TPSA) is 113 Å². The van der Waals surface area contributed by atoms with E-state index in [0.29, 0.717) is 26.4 Å². The summed E-state index contributed by atoms with van der Waals surface area (Å²) < 4.78 is 0. The number of amides is 3. The highest BCUT2D eigenvalue weighted by molar-refractivity contribution is 7.15. The molecule has 1 aliphatic heterocycles. The van der Waals surface area contributed by atoms with Crippen LogP contribution in [0, 0.1) is 0 Å². The molecule has 1 aromatic carbocycles. The molecule has 0 unspecified atom stereocenters. The van der Waals surface area contributed by atoms with E-state index in [9.17, 15) is 9.59 Å². The van der Waals surface area contributed by atoms with Crippen LogP contribution in [0.5, 0.6) is 0 Å². The Labute approximate surface area is 153 Å². The van der Waals surface area contributed by atoms with Crippen LogP contribution in [-0.2, 0) is 6.54 Å². The number of nitrogens with zero attached hydrogens (tertiary/aromatic N) is 3. The van der Waals surface area contributed by atoms with Crippen molar-refractivity contribution < 1.29 is 9.59 Å². The maximum Gasteiger partial charge on any atom is 0.319 e. The number of nitrogens with one attached hydrogen (secondary N) is 2. The molecule has 1 fully saturated rings. The van der Waals surface area contributed by atoms with E-state index in [4.69, 9.17) is 17.3 Å². The van der Waals surface area contributed by atoms with Crippen molar-refractivity contribution in [2.24, 2.45) is 0 Å². The number of halogens is 1. The number of hydrogen-bond acceptors (Lipinski definition) is 6. The van der Waals surface area contributed by atoms with Crippen LogP contribution in [0.25, 0.3) is 0 Å². The van der Waals surface area contributed by atoms with Crippen LogP contribution in [0.3, 0.4) is 0 Å². The third-order valence-corrected chi connectivity index (χ3v) is 4.82. The van der Waals surface area contributed by atoms with Crippen molar-refractivity contribution in [1.82, 2.24) is 20.4 Å². The monoisotopic (exact) mass is 380 g/mol. The third kappa shape index (κ3) is 4.37. The van der Waals surface area contributed by atoms with E-state index in [1.54, 1.807) is 23.1 Å². The minimum atomic E-state index is -0.457. The van der Waals surface area contributed by atoms with E-state index in [1.165, 1.54) is 11.3 Å². The predicted molar refractivity (Wildman–Crippen MR) is 96.8 cm³/mol. The van der Waals surface area contributed by atoms with Gasteiger partial charge in [0.25, 0.3) is 5.91 Å². The average molecular weight is 381 g/mol. The first-order valence-electron chi connectivity index (χ1n) is 7.74. The van der Waals surface area contributed by atoms with Crippen LogP contribution >= 0.6 is 22.9 Å². The van der Waals surface area contributed by atoms with E-state index < -0.39 is 6.03 Å². The van der Waals surface area contributed by atoms with Crippen LogP contribution in [0.1, 0.15) is 28.2 Å². The highest BCUT2D eigenvalue weighted by Gasteiger charge is 2.20. The van der Waals surface area contributed by atoms with Crippen molar-refractivity contribution in [2.45, 2.75) is 19.4 Å². The Bertz CT molecular complexity index is 790. The van der Waals surface area contributed by atoms with Crippen molar-refractivity contribution in [1.29, 1.82) is 0 Å². The van der Waals surface area contributed by atoms with Crippen molar-refractivity contribution in [3.63, 3.8) is 0 Å². The van der Waals surface area contributed by atoms with Crippen LogP contribution in [0.4, 0.5) is 15.6 Å². The second-order valence-electron chi connectivity index (χ2n) is 5.54. The van der Waals surface area contributed by atoms with Crippen LogP contribution in [0.2, 0.25) is 5.02 Å². The molecular formula is C15H17ClN6O2S. The standard InChI is InChI=1S/C15H17ClN6O2S/c16-10-4-3-9(13(23)22-5-1-2-6-22)7-11(10)19-15(24)18-8-12-20-21-14(17)25-12/h3-4,7H,1-2,5-6,8H2,(H2,17,21)(H2,18,19,24). The summed E-state index contributed by atoms with van der Waals surface area (Å²) in [5.74, 6) is -0.0537. The molecule has 2 heterocycles. The van der Waals surface area contributed by atoms with Crippen molar-refractivity contribution in [2.75, 3.05) is 24.1 Å². The zero-order valence-corrected chi connectivity index (χ0v) is 14.9. The molecule has 1 saturated heterocycles.